The molecule has 0 radical (unpaired) electrons. The molecule has 0 bridgehead atoms. The molecule has 4 nitrogen and oxygen atoms in total. The predicted octanol–water partition coefficient (Wildman–Crippen LogP) is 1.12. The molecule has 1 rings (SSSR count). The summed E-state index contributed by atoms with van der Waals surface area (Å²) in [5, 5.41) is 3.81. The van der Waals surface area contributed by atoms with Crippen LogP contribution in [-0.2, 0) is 0 Å². The van der Waals surface area contributed by atoms with Gasteiger partial charge in [-0.25, -0.2) is 18.4 Å². The zero-order valence-corrected chi connectivity index (χ0v) is 7.48. The van der Waals surface area contributed by atoms with E-state index in [0.717, 1.165) is 0 Å². The Hall–Kier alpha value is -1.04. The molecular formula is C7H12F2N4. The molecule has 1 heterocycles. The minimum atomic E-state index is -2.61. The number of rotatable bonds is 3. The average Bonchev–Trinajstić information content (AvgIpc) is 2.50. The van der Waals surface area contributed by atoms with Gasteiger partial charge in [-0.3, -0.25) is 0 Å². The van der Waals surface area contributed by atoms with Gasteiger partial charge in [0.15, 0.2) is 0 Å². The van der Waals surface area contributed by atoms with E-state index in [1.165, 1.54) is 11.0 Å². The second-order valence-electron chi connectivity index (χ2n) is 3.02. The quantitative estimate of drug-likeness (QED) is 0.777. The highest BCUT2D eigenvalue weighted by molar-refractivity contribution is 4.95. The standard InChI is InChI=1S/C7H12F2N4/c1-4(2)13-7(11-3-12-13)5(10)6(8)9/h3-6H,10H2,1-2H3. The van der Waals surface area contributed by atoms with E-state index in [2.05, 4.69) is 10.1 Å². The largest absolute Gasteiger partial charge is 0.317 e. The molecule has 74 valence electrons. The number of hydrogen-bond acceptors (Lipinski definition) is 3. The minimum absolute atomic E-state index is 0.0118. The number of aromatic nitrogens is 3. The molecule has 0 saturated heterocycles. The van der Waals surface area contributed by atoms with E-state index < -0.39 is 12.5 Å². The lowest BCUT2D eigenvalue weighted by atomic mass is 10.3. The summed E-state index contributed by atoms with van der Waals surface area (Å²) in [6.07, 6.45) is -1.38. The van der Waals surface area contributed by atoms with Crippen LogP contribution in [0.15, 0.2) is 6.33 Å². The van der Waals surface area contributed by atoms with E-state index in [9.17, 15) is 8.78 Å². The normalized spacial score (nSPS) is 14.1. The molecule has 0 spiro atoms. The van der Waals surface area contributed by atoms with Crippen molar-refractivity contribution in [1.29, 1.82) is 0 Å². The second-order valence-corrected chi connectivity index (χ2v) is 3.02. The Kier molecular flexibility index (Phi) is 2.92. The Morgan fingerprint density at radius 3 is 2.54 bits per heavy atom. The molecule has 0 aliphatic heterocycles. The van der Waals surface area contributed by atoms with E-state index in [1.54, 1.807) is 0 Å². The maximum atomic E-state index is 12.2. The molecule has 1 aromatic rings. The van der Waals surface area contributed by atoms with Crippen LogP contribution >= 0.6 is 0 Å². The first-order chi connectivity index (χ1) is 6.04. The van der Waals surface area contributed by atoms with Gasteiger partial charge in [0.05, 0.1) is 0 Å². The van der Waals surface area contributed by atoms with Gasteiger partial charge in [0.2, 0.25) is 0 Å². The predicted molar refractivity (Wildman–Crippen MR) is 43.3 cm³/mol. The van der Waals surface area contributed by atoms with E-state index in [-0.39, 0.29) is 11.9 Å². The van der Waals surface area contributed by atoms with Crippen LogP contribution in [0.1, 0.15) is 31.8 Å². The molecule has 0 saturated carbocycles. The van der Waals surface area contributed by atoms with Crippen molar-refractivity contribution in [2.45, 2.75) is 32.4 Å². The number of alkyl halides is 2. The molecule has 0 aliphatic rings. The van der Waals surface area contributed by atoms with Crippen LogP contribution in [0.25, 0.3) is 0 Å². The zero-order valence-electron chi connectivity index (χ0n) is 7.48. The van der Waals surface area contributed by atoms with Gasteiger partial charge in [-0.2, -0.15) is 5.10 Å². The van der Waals surface area contributed by atoms with Crippen molar-refractivity contribution in [3.05, 3.63) is 12.2 Å². The third kappa shape index (κ3) is 2.00. The monoisotopic (exact) mass is 190 g/mol. The van der Waals surface area contributed by atoms with Gasteiger partial charge in [-0.15, -0.1) is 0 Å². The summed E-state index contributed by atoms with van der Waals surface area (Å²) in [5.41, 5.74) is 5.25. The first-order valence-electron chi connectivity index (χ1n) is 3.97. The lowest BCUT2D eigenvalue weighted by molar-refractivity contribution is 0.110. The third-order valence-electron chi connectivity index (χ3n) is 1.66. The first kappa shape index (κ1) is 10.0. The molecule has 1 atom stereocenters. The van der Waals surface area contributed by atoms with Crippen LogP contribution in [0.5, 0.6) is 0 Å². The van der Waals surface area contributed by atoms with Gasteiger partial charge in [0.1, 0.15) is 18.2 Å². The molecule has 1 aromatic heterocycles. The molecule has 13 heavy (non-hydrogen) atoms. The lowest BCUT2D eigenvalue weighted by Gasteiger charge is -2.13. The lowest BCUT2D eigenvalue weighted by Crippen LogP contribution is -2.24. The summed E-state index contributed by atoms with van der Waals surface area (Å²) in [6, 6.07) is -1.37. The minimum Gasteiger partial charge on any atom is -0.317 e. The van der Waals surface area contributed by atoms with E-state index in [0.29, 0.717) is 0 Å². The fourth-order valence-corrected chi connectivity index (χ4v) is 1.01. The molecular weight excluding hydrogens is 178 g/mol. The number of halogens is 2. The smallest absolute Gasteiger partial charge is 0.260 e. The Balaban J connectivity index is 2.93. The SMILES string of the molecule is CC(C)n1ncnc1C(N)C(F)F. The molecule has 0 aromatic carbocycles. The maximum absolute atomic E-state index is 12.2. The highest BCUT2D eigenvalue weighted by Crippen LogP contribution is 2.17. The molecule has 0 fully saturated rings. The van der Waals surface area contributed by atoms with Crippen LogP contribution in [0.3, 0.4) is 0 Å². The second kappa shape index (κ2) is 3.78. The summed E-state index contributed by atoms with van der Waals surface area (Å²) >= 11 is 0. The van der Waals surface area contributed by atoms with Gasteiger partial charge in [-0.05, 0) is 13.8 Å². The van der Waals surface area contributed by atoms with Crippen LogP contribution in [-0.4, -0.2) is 21.2 Å². The van der Waals surface area contributed by atoms with Gasteiger partial charge >= 0.3 is 0 Å². The fraction of sp³-hybridized carbons (Fsp3) is 0.714. The van der Waals surface area contributed by atoms with Crippen molar-refractivity contribution in [3.63, 3.8) is 0 Å². The summed E-state index contributed by atoms with van der Waals surface area (Å²) in [5.74, 6) is 0.130. The van der Waals surface area contributed by atoms with Crippen LogP contribution < -0.4 is 5.73 Å². The Morgan fingerprint density at radius 1 is 1.46 bits per heavy atom. The molecule has 1 unspecified atom stereocenters. The Bertz CT molecular complexity index is 271. The third-order valence-corrected chi connectivity index (χ3v) is 1.66. The molecule has 6 heteroatoms. The fourth-order valence-electron chi connectivity index (χ4n) is 1.01. The average molecular weight is 190 g/mol. The first-order valence-corrected chi connectivity index (χ1v) is 3.97. The summed E-state index contributed by atoms with van der Waals surface area (Å²) in [6.45, 7) is 3.66. The van der Waals surface area contributed by atoms with Gasteiger partial charge in [0, 0.05) is 6.04 Å². The van der Waals surface area contributed by atoms with Crippen molar-refractivity contribution in [2.24, 2.45) is 5.73 Å². The summed E-state index contributed by atoms with van der Waals surface area (Å²) < 4.78 is 25.9. The van der Waals surface area contributed by atoms with Gasteiger partial charge in [0.25, 0.3) is 6.43 Å². The number of hydrogen-bond donors (Lipinski definition) is 1. The highest BCUT2D eigenvalue weighted by atomic mass is 19.3. The van der Waals surface area contributed by atoms with Crippen molar-refractivity contribution in [3.8, 4) is 0 Å². The molecule has 2 N–H and O–H groups in total. The van der Waals surface area contributed by atoms with Crippen molar-refractivity contribution in [2.75, 3.05) is 0 Å². The van der Waals surface area contributed by atoms with Crippen LogP contribution in [0.2, 0.25) is 0 Å². The van der Waals surface area contributed by atoms with Crippen molar-refractivity contribution < 1.29 is 8.78 Å². The van der Waals surface area contributed by atoms with Crippen LogP contribution in [0, 0.1) is 0 Å². The number of nitrogens with zero attached hydrogens (tertiary/aromatic N) is 3. The summed E-state index contributed by atoms with van der Waals surface area (Å²) in [4.78, 5) is 3.71. The highest BCUT2D eigenvalue weighted by Gasteiger charge is 2.23. The van der Waals surface area contributed by atoms with E-state index in [1.807, 2.05) is 13.8 Å². The molecule has 0 amide bonds. The van der Waals surface area contributed by atoms with Crippen molar-refractivity contribution >= 4 is 0 Å². The Morgan fingerprint density at radius 2 is 2.08 bits per heavy atom. The van der Waals surface area contributed by atoms with Gasteiger partial charge < -0.3 is 5.73 Å². The summed E-state index contributed by atoms with van der Waals surface area (Å²) in [7, 11) is 0. The van der Waals surface area contributed by atoms with Crippen molar-refractivity contribution in [1.82, 2.24) is 14.8 Å². The Labute approximate surface area is 74.8 Å². The van der Waals surface area contributed by atoms with E-state index >= 15 is 0 Å². The molecule has 0 aliphatic carbocycles. The van der Waals surface area contributed by atoms with E-state index in [4.69, 9.17) is 5.73 Å². The number of nitrogens with two attached hydrogens (primary N) is 1. The van der Waals surface area contributed by atoms with Crippen LogP contribution in [0.4, 0.5) is 8.78 Å². The zero-order chi connectivity index (χ0) is 10.0. The maximum Gasteiger partial charge on any atom is 0.260 e. The topological polar surface area (TPSA) is 56.7 Å². The van der Waals surface area contributed by atoms with Gasteiger partial charge in [-0.1, -0.05) is 0 Å².